The van der Waals surface area contributed by atoms with E-state index >= 15 is 0 Å². The van der Waals surface area contributed by atoms with Gasteiger partial charge < -0.3 is 4.42 Å². The molecule has 0 N–H and O–H groups in total. The third-order valence-corrected chi connectivity index (χ3v) is 7.46. The van der Waals surface area contributed by atoms with Crippen LogP contribution in [-0.4, -0.2) is 0 Å². The zero-order valence-corrected chi connectivity index (χ0v) is 19.8. The monoisotopic (exact) mass is 498 g/mol. The number of benzene rings is 6. The van der Waals surface area contributed by atoms with Crippen LogP contribution in [0.2, 0.25) is 0 Å². The molecule has 6 aromatic carbocycles. The molecular formula is C32H19BrO. The van der Waals surface area contributed by atoms with E-state index in [2.05, 4.69) is 131 Å². The minimum Gasteiger partial charge on any atom is -0.455 e. The van der Waals surface area contributed by atoms with Gasteiger partial charge in [-0.3, -0.25) is 0 Å². The second kappa shape index (κ2) is 7.58. The van der Waals surface area contributed by atoms with Crippen molar-refractivity contribution in [2.75, 3.05) is 0 Å². The molecule has 0 fully saturated rings. The molecule has 0 radical (unpaired) electrons. The predicted octanol–water partition coefficient (Wildman–Crippen LogP) is 9.99. The van der Waals surface area contributed by atoms with Gasteiger partial charge in [0.05, 0.1) is 0 Å². The molecule has 0 bridgehead atoms. The minimum absolute atomic E-state index is 0.940. The number of fused-ring (bicyclic) bond motifs is 6. The van der Waals surface area contributed by atoms with Crippen LogP contribution in [0, 0.1) is 0 Å². The first-order valence-corrected chi connectivity index (χ1v) is 12.2. The molecule has 0 unspecified atom stereocenters. The Labute approximate surface area is 205 Å². The number of halogens is 1. The average Bonchev–Trinajstić information content (AvgIpc) is 3.29. The van der Waals surface area contributed by atoms with Crippen molar-refractivity contribution in [3.05, 3.63) is 120 Å². The molecule has 2 heteroatoms. The molecule has 34 heavy (non-hydrogen) atoms. The Balaban J connectivity index is 1.39. The fraction of sp³-hybridized carbons (Fsp3) is 0. The van der Waals surface area contributed by atoms with Crippen molar-refractivity contribution in [1.82, 2.24) is 0 Å². The first-order valence-electron chi connectivity index (χ1n) is 11.4. The highest BCUT2D eigenvalue weighted by Gasteiger charge is 2.14. The topological polar surface area (TPSA) is 13.1 Å². The van der Waals surface area contributed by atoms with Crippen molar-refractivity contribution in [3.8, 4) is 22.3 Å². The predicted molar refractivity (Wildman–Crippen MR) is 147 cm³/mol. The smallest absolute Gasteiger partial charge is 0.143 e. The summed E-state index contributed by atoms with van der Waals surface area (Å²) in [6, 6.07) is 40.8. The van der Waals surface area contributed by atoms with Gasteiger partial charge in [-0.05, 0) is 45.0 Å². The summed E-state index contributed by atoms with van der Waals surface area (Å²) in [5.41, 5.74) is 6.60. The third-order valence-electron chi connectivity index (χ3n) is 6.77. The molecule has 1 heterocycles. The lowest BCUT2D eigenvalue weighted by atomic mass is 9.95. The summed E-state index contributed by atoms with van der Waals surface area (Å²) in [6.07, 6.45) is 0. The molecule has 7 rings (SSSR count). The maximum atomic E-state index is 6.53. The summed E-state index contributed by atoms with van der Waals surface area (Å²) in [7, 11) is 0. The van der Waals surface area contributed by atoms with Crippen molar-refractivity contribution in [2.45, 2.75) is 0 Å². The maximum Gasteiger partial charge on any atom is 0.143 e. The van der Waals surface area contributed by atoms with E-state index in [1.807, 2.05) is 0 Å². The van der Waals surface area contributed by atoms with Gasteiger partial charge in [0, 0.05) is 26.2 Å². The van der Waals surface area contributed by atoms with Crippen LogP contribution >= 0.6 is 15.9 Å². The third kappa shape index (κ3) is 2.92. The highest BCUT2D eigenvalue weighted by atomic mass is 79.9. The van der Waals surface area contributed by atoms with E-state index in [-0.39, 0.29) is 0 Å². The Morgan fingerprint density at radius 3 is 1.88 bits per heavy atom. The molecule has 0 spiro atoms. The van der Waals surface area contributed by atoms with Gasteiger partial charge in [-0.25, -0.2) is 0 Å². The molecule has 1 nitrogen and oxygen atoms in total. The van der Waals surface area contributed by atoms with E-state index in [1.54, 1.807) is 0 Å². The largest absolute Gasteiger partial charge is 0.455 e. The first kappa shape index (κ1) is 19.6. The first-order chi connectivity index (χ1) is 16.8. The molecule has 160 valence electrons. The second-order valence-electron chi connectivity index (χ2n) is 8.67. The highest BCUT2D eigenvalue weighted by molar-refractivity contribution is 9.10. The molecule has 7 aromatic rings. The van der Waals surface area contributed by atoms with Crippen molar-refractivity contribution in [1.29, 1.82) is 0 Å². The summed E-state index contributed by atoms with van der Waals surface area (Å²) in [6.45, 7) is 0. The fourth-order valence-corrected chi connectivity index (χ4v) is 5.57. The van der Waals surface area contributed by atoms with E-state index in [0.29, 0.717) is 0 Å². The van der Waals surface area contributed by atoms with Crippen molar-refractivity contribution >= 4 is 59.4 Å². The summed E-state index contributed by atoms with van der Waals surface area (Å²) in [4.78, 5) is 0. The summed E-state index contributed by atoms with van der Waals surface area (Å²) in [5, 5.41) is 7.13. The Morgan fingerprint density at radius 2 is 1.06 bits per heavy atom. The van der Waals surface area contributed by atoms with E-state index < -0.39 is 0 Å². The zero-order chi connectivity index (χ0) is 22.6. The SMILES string of the molecule is Brc1ccc(-c2ccc(-c3cccc4c3oc3c5ccccc5ccc43)cc2)c2ccccc12. The van der Waals surface area contributed by atoms with E-state index in [1.165, 1.54) is 27.3 Å². The molecule has 0 aliphatic rings. The van der Waals surface area contributed by atoms with Gasteiger partial charge in [-0.15, -0.1) is 0 Å². The van der Waals surface area contributed by atoms with Gasteiger partial charge in [0.1, 0.15) is 11.2 Å². The van der Waals surface area contributed by atoms with Crippen LogP contribution in [0.5, 0.6) is 0 Å². The molecule has 0 saturated carbocycles. The summed E-state index contributed by atoms with van der Waals surface area (Å²) >= 11 is 3.69. The van der Waals surface area contributed by atoms with Gasteiger partial charge in [0.15, 0.2) is 0 Å². The van der Waals surface area contributed by atoms with Gasteiger partial charge >= 0.3 is 0 Å². The summed E-state index contributed by atoms with van der Waals surface area (Å²) in [5.74, 6) is 0. The Hall–Kier alpha value is -3.88. The molecule has 0 amide bonds. The fourth-order valence-electron chi connectivity index (χ4n) is 5.10. The molecule has 0 aliphatic heterocycles. The molecule has 0 aliphatic carbocycles. The Bertz CT molecular complexity index is 1860. The standard InChI is InChI=1S/C32H19BrO/c33-30-19-18-23(26-8-3-4-9-27(26)30)21-12-14-22(15-13-21)25-10-5-11-28-29-17-16-20-6-1-2-7-24(20)32(29)34-31(25)28/h1-19H. The quantitative estimate of drug-likeness (QED) is 0.231. The van der Waals surface area contributed by atoms with Crippen LogP contribution in [0.3, 0.4) is 0 Å². The van der Waals surface area contributed by atoms with E-state index in [0.717, 1.165) is 42.9 Å². The van der Waals surface area contributed by atoms with Crippen molar-refractivity contribution in [3.63, 3.8) is 0 Å². The van der Waals surface area contributed by atoms with Crippen LogP contribution in [0.4, 0.5) is 0 Å². The molecule has 1 aromatic heterocycles. The molecule has 0 atom stereocenters. The van der Waals surface area contributed by atoms with Crippen molar-refractivity contribution in [2.24, 2.45) is 0 Å². The highest BCUT2D eigenvalue weighted by Crippen LogP contribution is 2.39. The lowest BCUT2D eigenvalue weighted by molar-refractivity contribution is 0.674. The number of rotatable bonds is 2. The number of para-hydroxylation sites is 1. The lowest BCUT2D eigenvalue weighted by Gasteiger charge is -2.10. The minimum atomic E-state index is 0.940. The Morgan fingerprint density at radius 1 is 0.412 bits per heavy atom. The normalized spacial score (nSPS) is 11.7. The number of furan rings is 1. The van der Waals surface area contributed by atoms with E-state index in [9.17, 15) is 0 Å². The van der Waals surface area contributed by atoms with Gasteiger partial charge in [-0.2, -0.15) is 0 Å². The maximum absolute atomic E-state index is 6.53. The summed E-state index contributed by atoms with van der Waals surface area (Å²) < 4.78 is 7.65. The lowest BCUT2D eigenvalue weighted by Crippen LogP contribution is -1.84. The van der Waals surface area contributed by atoms with Crippen LogP contribution in [0.15, 0.2) is 124 Å². The average molecular weight is 499 g/mol. The van der Waals surface area contributed by atoms with Crippen LogP contribution < -0.4 is 0 Å². The van der Waals surface area contributed by atoms with E-state index in [4.69, 9.17) is 4.42 Å². The van der Waals surface area contributed by atoms with Crippen LogP contribution in [0.1, 0.15) is 0 Å². The van der Waals surface area contributed by atoms with Gasteiger partial charge in [0.2, 0.25) is 0 Å². The Kier molecular flexibility index (Phi) is 4.36. The number of hydrogen-bond donors (Lipinski definition) is 0. The number of hydrogen-bond acceptors (Lipinski definition) is 1. The second-order valence-corrected chi connectivity index (χ2v) is 9.52. The van der Waals surface area contributed by atoms with Gasteiger partial charge in [-0.1, -0.05) is 119 Å². The van der Waals surface area contributed by atoms with Gasteiger partial charge in [0.25, 0.3) is 0 Å². The van der Waals surface area contributed by atoms with Crippen LogP contribution in [0.25, 0.3) is 65.7 Å². The molecule has 0 saturated heterocycles. The van der Waals surface area contributed by atoms with Crippen LogP contribution in [-0.2, 0) is 0 Å². The molecular weight excluding hydrogens is 480 g/mol. The zero-order valence-electron chi connectivity index (χ0n) is 18.3. The van der Waals surface area contributed by atoms with Crippen molar-refractivity contribution < 1.29 is 4.42 Å².